The van der Waals surface area contributed by atoms with Crippen LogP contribution in [0.5, 0.6) is 0 Å². The summed E-state index contributed by atoms with van der Waals surface area (Å²) in [5.74, 6) is -1.60. The van der Waals surface area contributed by atoms with Crippen molar-refractivity contribution >= 4 is 23.6 Å². The molecule has 0 aromatic heterocycles. The van der Waals surface area contributed by atoms with E-state index in [1.165, 1.54) is 17.1 Å². The number of aliphatic carboxylic acids is 1. The van der Waals surface area contributed by atoms with Crippen LogP contribution in [-0.2, 0) is 19.2 Å². The molecule has 1 aliphatic rings. The lowest BCUT2D eigenvalue weighted by molar-refractivity contribution is -0.138. The Morgan fingerprint density at radius 2 is 1.58 bits per heavy atom. The number of amides is 2. The summed E-state index contributed by atoms with van der Waals surface area (Å²) in [6.07, 6.45) is 4.84. The van der Waals surface area contributed by atoms with Crippen LogP contribution in [0.3, 0.4) is 0 Å². The molecule has 19 heavy (non-hydrogen) atoms. The van der Waals surface area contributed by atoms with Crippen molar-refractivity contribution in [3.63, 3.8) is 0 Å². The molecule has 0 bridgehead atoms. The van der Waals surface area contributed by atoms with Crippen LogP contribution in [0.1, 0.15) is 38.5 Å². The first-order valence-electron chi connectivity index (χ1n) is 6.27. The van der Waals surface area contributed by atoms with E-state index in [1.807, 2.05) is 0 Å². The van der Waals surface area contributed by atoms with Crippen molar-refractivity contribution in [1.29, 1.82) is 0 Å². The molecule has 0 radical (unpaired) electrons. The molecular formula is C13H17NO5. The van der Waals surface area contributed by atoms with Crippen molar-refractivity contribution < 1.29 is 24.3 Å². The maximum atomic E-state index is 11.3. The predicted octanol–water partition coefficient (Wildman–Crippen LogP) is 0.906. The minimum absolute atomic E-state index is 0.0580. The second kappa shape index (κ2) is 7.45. The smallest absolute Gasteiger partial charge is 0.303 e. The average Bonchev–Trinajstić information content (AvgIpc) is 2.67. The van der Waals surface area contributed by atoms with Gasteiger partial charge in [-0.1, -0.05) is 6.42 Å². The van der Waals surface area contributed by atoms with Crippen molar-refractivity contribution in [1.82, 2.24) is 4.90 Å². The zero-order valence-corrected chi connectivity index (χ0v) is 10.6. The number of rotatable bonds is 9. The first kappa shape index (κ1) is 15.1. The Morgan fingerprint density at radius 1 is 0.947 bits per heavy atom. The fraction of sp³-hybridized carbons (Fsp3) is 0.538. The molecule has 1 heterocycles. The Kier molecular flexibility index (Phi) is 5.92. The van der Waals surface area contributed by atoms with Gasteiger partial charge in [0.2, 0.25) is 0 Å². The molecule has 0 aromatic carbocycles. The quantitative estimate of drug-likeness (QED) is 0.495. The third-order valence-corrected chi connectivity index (χ3v) is 2.86. The molecular weight excluding hydrogens is 250 g/mol. The third kappa shape index (κ3) is 5.46. The lowest BCUT2D eigenvalue weighted by Gasteiger charge is -2.12. The monoisotopic (exact) mass is 267 g/mol. The molecule has 0 atom stereocenters. The van der Waals surface area contributed by atoms with Crippen LogP contribution in [0.2, 0.25) is 0 Å². The van der Waals surface area contributed by atoms with Gasteiger partial charge in [-0.2, -0.15) is 0 Å². The average molecular weight is 267 g/mol. The Balaban J connectivity index is 2.05. The summed E-state index contributed by atoms with van der Waals surface area (Å²) in [5, 5.41) is 8.42. The van der Waals surface area contributed by atoms with Gasteiger partial charge in [-0.25, -0.2) is 0 Å². The van der Waals surface area contributed by atoms with E-state index in [0.29, 0.717) is 25.8 Å². The standard InChI is InChI=1S/C13H17NO5/c15-10(5-8-13(18)19)4-2-1-3-9-14-11(16)6-7-12(14)17/h6-7H,1-5,8-9H2,(H,18,19). The number of nitrogens with zero attached hydrogens (tertiary/aromatic N) is 1. The van der Waals surface area contributed by atoms with Crippen LogP contribution in [0.15, 0.2) is 12.2 Å². The number of unbranched alkanes of at least 4 members (excludes halogenated alkanes) is 2. The Hall–Kier alpha value is -1.98. The largest absolute Gasteiger partial charge is 0.481 e. The van der Waals surface area contributed by atoms with Crippen molar-refractivity contribution in [2.75, 3.05) is 6.54 Å². The predicted molar refractivity (Wildman–Crippen MR) is 66.2 cm³/mol. The molecule has 0 aromatic rings. The van der Waals surface area contributed by atoms with Gasteiger partial charge in [-0.15, -0.1) is 0 Å². The highest BCUT2D eigenvalue weighted by Gasteiger charge is 2.22. The van der Waals surface area contributed by atoms with Gasteiger partial charge < -0.3 is 5.11 Å². The molecule has 1 rings (SSSR count). The van der Waals surface area contributed by atoms with Crippen molar-refractivity contribution in [2.24, 2.45) is 0 Å². The Bertz CT molecular complexity index is 395. The molecule has 0 saturated heterocycles. The summed E-state index contributed by atoms with van der Waals surface area (Å²) >= 11 is 0. The molecule has 6 nitrogen and oxygen atoms in total. The van der Waals surface area contributed by atoms with Crippen molar-refractivity contribution in [2.45, 2.75) is 38.5 Å². The molecule has 1 N–H and O–H groups in total. The van der Waals surface area contributed by atoms with Crippen LogP contribution in [0.25, 0.3) is 0 Å². The maximum absolute atomic E-state index is 11.3. The van der Waals surface area contributed by atoms with Crippen LogP contribution in [0, 0.1) is 0 Å². The van der Waals surface area contributed by atoms with Crippen LogP contribution in [-0.4, -0.2) is 40.1 Å². The summed E-state index contributed by atoms with van der Waals surface area (Å²) < 4.78 is 0. The second-order valence-electron chi connectivity index (χ2n) is 4.40. The van der Waals surface area contributed by atoms with E-state index < -0.39 is 5.97 Å². The maximum Gasteiger partial charge on any atom is 0.303 e. The van der Waals surface area contributed by atoms with Gasteiger partial charge in [-0.3, -0.25) is 24.1 Å². The fourth-order valence-electron chi connectivity index (χ4n) is 1.79. The van der Waals surface area contributed by atoms with Gasteiger partial charge in [0.25, 0.3) is 11.8 Å². The fourth-order valence-corrected chi connectivity index (χ4v) is 1.79. The van der Waals surface area contributed by atoms with E-state index in [-0.39, 0.29) is 30.4 Å². The van der Waals surface area contributed by atoms with E-state index in [1.54, 1.807) is 0 Å². The van der Waals surface area contributed by atoms with Gasteiger partial charge in [0.05, 0.1) is 6.42 Å². The Morgan fingerprint density at radius 3 is 2.16 bits per heavy atom. The van der Waals surface area contributed by atoms with Crippen LogP contribution in [0.4, 0.5) is 0 Å². The zero-order chi connectivity index (χ0) is 14.3. The highest BCUT2D eigenvalue weighted by atomic mass is 16.4. The molecule has 0 fully saturated rings. The summed E-state index contributed by atoms with van der Waals surface area (Å²) in [6, 6.07) is 0. The van der Waals surface area contributed by atoms with Gasteiger partial charge in [-0.05, 0) is 12.8 Å². The SMILES string of the molecule is O=C(O)CCC(=O)CCCCCN1C(=O)C=CC1=O. The van der Waals surface area contributed by atoms with E-state index in [9.17, 15) is 19.2 Å². The molecule has 0 aliphatic carbocycles. The van der Waals surface area contributed by atoms with Crippen molar-refractivity contribution in [3.05, 3.63) is 12.2 Å². The number of ketones is 1. The number of carboxylic acid groups (broad SMARTS) is 1. The van der Waals surface area contributed by atoms with E-state index in [4.69, 9.17) is 5.11 Å². The van der Waals surface area contributed by atoms with Gasteiger partial charge >= 0.3 is 5.97 Å². The molecule has 0 unspecified atom stereocenters. The molecule has 2 amide bonds. The minimum Gasteiger partial charge on any atom is -0.481 e. The summed E-state index contributed by atoms with van der Waals surface area (Å²) in [6.45, 7) is 0.369. The molecule has 104 valence electrons. The topological polar surface area (TPSA) is 91.8 Å². The Labute approximate surface area is 111 Å². The molecule has 1 aliphatic heterocycles. The van der Waals surface area contributed by atoms with Gasteiger partial charge in [0.15, 0.2) is 0 Å². The second-order valence-corrected chi connectivity index (χ2v) is 4.40. The summed E-state index contributed by atoms with van der Waals surface area (Å²) in [7, 11) is 0. The molecule has 0 saturated carbocycles. The first-order valence-corrected chi connectivity index (χ1v) is 6.27. The number of hydrogen-bond donors (Lipinski definition) is 1. The zero-order valence-electron chi connectivity index (χ0n) is 10.6. The minimum atomic E-state index is -0.966. The van der Waals surface area contributed by atoms with Gasteiger partial charge in [0.1, 0.15) is 5.78 Å². The van der Waals surface area contributed by atoms with Crippen LogP contribution < -0.4 is 0 Å². The van der Waals surface area contributed by atoms with E-state index in [0.717, 1.165) is 6.42 Å². The molecule has 0 spiro atoms. The summed E-state index contributed by atoms with van der Waals surface area (Å²) in [4.78, 5) is 45.1. The molecule has 6 heteroatoms. The lowest BCUT2D eigenvalue weighted by Crippen LogP contribution is -2.30. The van der Waals surface area contributed by atoms with Gasteiger partial charge in [0, 0.05) is 31.5 Å². The first-order chi connectivity index (χ1) is 9.00. The van der Waals surface area contributed by atoms with E-state index in [2.05, 4.69) is 0 Å². The highest BCUT2D eigenvalue weighted by Crippen LogP contribution is 2.08. The number of imide groups is 1. The lowest BCUT2D eigenvalue weighted by atomic mass is 10.1. The third-order valence-electron chi connectivity index (χ3n) is 2.86. The van der Waals surface area contributed by atoms with Crippen LogP contribution >= 0.6 is 0 Å². The van der Waals surface area contributed by atoms with Crippen molar-refractivity contribution in [3.8, 4) is 0 Å². The van der Waals surface area contributed by atoms with E-state index >= 15 is 0 Å². The highest BCUT2D eigenvalue weighted by molar-refractivity contribution is 6.12. The number of Topliss-reactive ketones (excluding diaryl/α,β-unsaturated/α-hetero) is 1. The number of carbonyl (C=O) groups is 4. The normalized spacial score (nSPS) is 14.2. The number of carboxylic acids is 1. The number of carbonyl (C=O) groups excluding carboxylic acids is 3. The number of hydrogen-bond acceptors (Lipinski definition) is 4. The summed E-state index contributed by atoms with van der Waals surface area (Å²) in [5.41, 5.74) is 0.